The standard InChI is InChI=1S/C21H17ClN4O3S/c1-12(19(27)24-16-10-14(22)8-9-17(16)29-2)30-21-25-18(13-6-4-3-5-7-13)15(11-23)20(28)26-21/h3-10,12H,1-2H3,(H,24,27)(H,25,26,28)/t12-/m1/s1. The van der Waals surface area contributed by atoms with Crippen molar-refractivity contribution in [2.75, 3.05) is 12.4 Å². The van der Waals surface area contributed by atoms with Gasteiger partial charge in [-0.3, -0.25) is 9.59 Å². The van der Waals surface area contributed by atoms with Crippen LogP contribution in [0.25, 0.3) is 11.3 Å². The van der Waals surface area contributed by atoms with Crippen LogP contribution in [-0.4, -0.2) is 28.2 Å². The number of benzene rings is 2. The van der Waals surface area contributed by atoms with Gasteiger partial charge >= 0.3 is 0 Å². The molecule has 9 heteroatoms. The average molecular weight is 441 g/mol. The number of halogens is 1. The molecule has 3 aromatic rings. The van der Waals surface area contributed by atoms with Crippen molar-refractivity contribution in [3.05, 3.63) is 69.5 Å². The van der Waals surface area contributed by atoms with Gasteiger partial charge in [0.15, 0.2) is 5.16 Å². The Morgan fingerprint density at radius 2 is 2.03 bits per heavy atom. The number of hydrogen-bond donors (Lipinski definition) is 2. The molecule has 2 N–H and O–H groups in total. The minimum absolute atomic E-state index is 0.0775. The van der Waals surface area contributed by atoms with Gasteiger partial charge in [0, 0.05) is 10.6 Å². The Morgan fingerprint density at radius 1 is 1.30 bits per heavy atom. The van der Waals surface area contributed by atoms with Gasteiger partial charge in [-0.05, 0) is 25.1 Å². The van der Waals surface area contributed by atoms with Crippen LogP contribution in [0.4, 0.5) is 5.69 Å². The summed E-state index contributed by atoms with van der Waals surface area (Å²) in [5.41, 5.74) is 0.717. The number of nitrogens with zero attached hydrogens (tertiary/aromatic N) is 2. The molecule has 0 saturated heterocycles. The third-order valence-corrected chi connectivity index (χ3v) is 5.35. The molecular weight excluding hydrogens is 424 g/mol. The number of amides is 1. The summed E-state index contributed by atoms with van der Waals surface area (Å²) in [7, 11) is 1.49. The number of H-pyrrole nitrogens is 1. The SMILES string of the molecule is COc1ccc(Cl)cc1NC(=O)[C@@H](C)Sc1nc(-c2ccccc2)c(C#N)c(=O)[nH]1. The third kappa shape index (κ3) is 4.82. The van der Waals surface area contributed by atoms with Crippen molar-refractivity contribution in [3.63, 3.8) is 0 Å². The predicted molar refractivity (Wildman–Crippen MR) is 117 cm³/mol. The Balaban J connectivity index is 1.85. The fourth-order valence-corrected chi connectivity index (χ4v) is 3.62. The molecule has 1 aromatic heterocycles. The maximum absolute atomic E-state index is 12.7. The summed E-state index contributed by atoms with van der Waals surface area (Å²) < 4.78 is 5.23. The van der Waals surface area contributed by atoms with Crippen molar-refractivity contribution in [1.29, 1.82) is 5.26 Å². The molecule has 152 valence electrons. The van der Waals surface area contributed by atoms with Crippen LogP contribution in [0.15, 0.2) is 58.5 Å². The Labute approximate surface area is 182 Å². The zero-order valence-electron chi connectivity index (χ0n) is 16.1. The summed E-state index contributed by atoms with van der Waals surface area (Å²) in [5.74, 6) is 0.148. The van der Waals surface area contributed by atoms with Crippen molar-refractivity contribution in [3.8, 4) is 23.1 Å². The van der Waals surface area contributed by atoms with E-state index in [9.17, 15) is 14.9 Å². The van der Waals surface area contributed by atoms with E-state index in [2.05, 4.69) is 15.3 Å². The van der Waals surface area contributed by atoms with Crippen molar-refractivity contribution < 1.29 is 9.53 Å². The van der Waals surface area contributed by atoms with E-state index in [0.717, 1.165) is 11.8 Å². The second kappa shape index (κ2) is 9.48. The Hall–Kier alpha value is -3.28. The Morgan fingerprint density at radius 3 is 2.70 bits per heavy atom. The summed E-state index contributed by atoms with van der Waals surface area (Å²) in [6, 6.07) is 15.7. The number of rotatable bonds is 6. The smallest absolute Gasteiger partial charge is 0.270 e. The van der Waals surface area contributed by atoms with E-state index in [1.54, 1.807) is 49.4 Å². The van der Waals surface area contributed by atoms with Crippen LogP contribution in [-0.2, 0) is 4.79 Å². The quantitative estimate of drug-likeness (QED) is 0.441. The molecule has 0 saturated carbocycles. The fraction of sp³-hybridized carbons (Fsp3) is 0.143. The van der Waals surface area contributed by atoms with Crippen molar-refractivity contribution in [1.82, 2.24) is 9.97 Å². The Kier molecular flexibility index (Phi) is 6.77. The number of nitriles is 1. The monoisotopic (exact) mass is 440 g/mol. The summed E-state index contributed by atoms with van der Waals surface area (Å²) in [6.45, 7) is 1.68. The number of hydrogen-bond acceptors (Lipinski definition) is 6. The van der Waals surface area contributed by atoms with Gasteiger partial charge in [-0.2, -0.15) is 5.26 Å². The number of anilines is 1. The first kappa shape index (κ1) is 21.4. The lowest BCUT2D eigenvalue weighted by atomic mass is 10.1. The van der Waals surface area contributed by atoms with Gasteiger partial charge in [0.2, 0.25) is 5.91 Å². The molecule has 0 fully saturated rings. The predicted octanol–water partition coefficient (Wildman–Crippen LogP) is 4.09. The zero-order valence-corrected chi connectivity index (χ0v) is 17.7. The highest BCUT2D eigenvalue weighted by Crippen LogP contribution is 2.29. The first-order chi connectivity index (χ1) is 14.4. The van der Waals surface area contributed by atoms with Crippen LogP contribution in [0.2, 0.25) is 5.02 Å². The number of nitrogens with one attached hydrogen (secondary N) is 2. The summed E-state index contributed by atoms with van der Waals surface area (Å²) >= 11 is 7.07. The van der Waals surface area contributed by atoms with Crippen LogP contribution in [0.5, 0.6) is 5.75 Å². The molecule has 0 bridgehead atoms. The number of ether oxygens (including phenoxy) is 1. The van der Waals surface area contributed by atoms with Crippen LogP contribution < -0.4 is 15.6 Å². The summed E-state index contributed by atoms with van der Waals surface area (Å²) in [6.07, 6.45) is 0. The Bertz CT molecular complexity index is 1180. The maximum atomic E-state index is 12.7. The molecule has 2 aromatic carbocycles. The molecule has 0 spiro atoms. The molecule has 7 nitrogen and oxygen atoms in total. The summed E-state index contributed by atoms with van der Waals surface area (Å²) in [4.78, 5) is 32.0. The van der Waals surface area contributed by atoms with Gasteiger partial charge < -0.3 is 15.0 Å². The number of aromatic amines is 1. The third-order valence-electron chi connectivity index (χ3n) is 4.13. The lowest BCUT2D eigenvalue weighted by molar-refractivity contribution is -0.115. The van der Waals surface area contributed by atoms with E-state index < -0.39 is 10.8 Å². The zero-order chi connectivity index (χ0) is 21.7. The molecule has 0 aliphatic carbocycles. The molecule has 3 rings (SSSR count). The van der Waals surface area contributed by atoms with Crippen LogP contribution >= 0.6 is 23.4 Å². The number of carbonyl (C=O) groups is 1. The highest BCUT2D eigenvalue weighted by molar-refractivity contribution is 8.00. The number of carbonyl (C=O) groups excluding carboxylic acids is 1. The highest BCUT2D eigenvalue weighted by Gasteiger charge is 2.20. The van der Waals surface area contributed by atoms with E-state index in [1.165, 1.54) is 7.11 Å². The van der Waals surface area contributed by atoms with Crippen molar-refractivity contribution >= 4 is 35.0 Å². The minimum Gasteiger partial charge on any atom is -0.495 e. The van der Waals surface area contributed by atoms with E-state index in [-0.39, 0.29) is 22.3 Å². The summed E-state index contributed by atoms with van der Waals surface area (Å²) in [5, 5.41) is 12.2. The average Bonchev–Trinajstić information content (AvgIpc) is 2.74. The molecule has 1 heterocycles. The topological polar surface area (TPSA) is 108 Å². The van der Waals surface area contributed by atoms with Crippen molar-refractivity contribution in [2.24, 2.45) is 0 Å². The molecule has 0 radical (unpaired) electrons. The van der Waals surface area contributed by atoms with E-state index in [4.69, 9.17) is 16.3 Å². The van der Waals surface area contributed by atoms with Crippen LogP contribution in [0, 0.1) is 11.3 Å². The minimum atomic E-state index is -0.603. The first-order valence-corrected chi connectivity index (χ1v) is 10.1. The van der Waals surface area contributed by atoms with Gasteiger partial charge in [-0.25, -0.2) is 4.98 Å². The van der Waals surface area contributed by atoms with Gasteiger partial charge in [0.05, 0.1) is 23.7 Å². The molecule has 1 amide bonds. The van der Waals surface area contributed by atoms with Crippen LogP contribution in [0.3, 0.4) is 0 Å². The van der Waals surface area contributed by atoms with Gasteiger partial charge in [-0.15, -0.1) is 0 Å². The number of aromatic nitrogens is 2. The molecule has 30 heavy (non-hydrogen) atoms. The number of methoxy groups -OCH3 is 1. The first-order valence-electron chi connectivity index (χ1n) is 8.83. The fourth-order valence-electron chi connectivity index (χ4n) is 2.65. The number of thioether (sulfide) groups is 1. The maximum Gasteiger partial charge on any atom is 0.270 e. The molecule has 0 unspecified atom stereocenters. The van der Waals surface area contributed by atoms with E-state index in [0.29, 0.717) is 22.0 Å². The lowest BCUT2D eigenvalue weighted by Gasteiger charge is -2.14. The molecule has 0 aliphatic heterocycles. The van der Waals surface area contributed by atoms with Gasteiger partial charge in [0.25, 0.3) is 5.56 Å². The van der Waals surface area contributed by atoms with Gasteiger partial charge in [-0.1, -0.05) is 53.7 Å². The lowest BCUT2D eigenvalue weighted by Crippen LogP contribution is -2.24. The normalized spacial score (nSPS) is 11.4. The molecule has 0 aliphatic rings. The molecular formula is C21H17ClN4O3S. The highest BCUT2D eigenvalue weighted by atomic mass is 35.5. The van der Waals surface area contributed by atoms with E-state index in [1.807, 2.05) is 12.1 Å². The second-order valence-corrected chi connectivity index (χ2v) is 7.93. The largest absolute Gasteiger partial charge is 0.495 e. The molecule has 1 atom stereocenters. The second-order valence-electron chi connectivity index (χ2n) is 6.17. The van der Waals surface area contributed by atoms with Gasteiger partial charge in [0.1, 0.15) is 17.4 Å². The van der Waals surface area contributed by atoms with E-state index >= 15 is 0 Å². The van der Waals surface area contributed by atoms with Crippen LogP contribution in [0.1, 0.15) is 12.5 Å². The van der Waals surface area contributed by atoms with Crippen molar-refractivity contribution in [2.45, 2.75) is 17.3 Å².